The fourth-order valence-corrected chi connectivity index (χ4v) is 2.62. The molecule has 0 spiro atoms. The van der Waals surface area contributed by atoms with E-state index < -0.39 is 0 Å². The molecule has 0 aromatic rings. The molecule has 0 radical (unpaired) electrons. The summed E-state index contributed by atoms with van der Waals surface area (Å²) in [4.78, 5) is 2.24. The highest BCUT2D eigenvalue weighted by molar-refractivity contribution is 5.81. The van der Waals surface area contributed by atoms with Crippen molar-refractivity contribution in [3.63, 3.8) is 0 Å². The predicted molar refractivity (Wildman–Crippen MR) is 61.3 cm³/mol. The van der Waals surface area contributed by atoms with Crippen molar-refractivity contribution < 1.29 is 4.74 Å². The summed E-state index contributed by atoms with van der Waals surface area (Å²) in [5.74, 6) is 1.43. The van der Waals surface area contributed by atoms with Crippen LogP contribution in [0.5, 0.6) is 0 Å². The summed E-state index contributed by atoms with van der Waals surface area (Å²) in [5, 5.41) is 8.25. The Morgan fingerprint density at radius 3 is 2.60 bits per heavy atom. The molecule has 0 aromatic carbocycles. The zero-order valence-electron chi connectivity index (χ0n) is 9.50. The second-order valence-corrected chi connectivity index (χ2v) is 4.67. The van der Waals surface area contributed by atoms with Gasteiger partial charge in [0.05, 0.1) is 12.4 Å². The minimum absolute atomic E-state index is 0.539. The van der Waals surface area contributed by atoms with E-state index in [1.807, 2.05) is 0 Å². The van der Waals surface area contributed by atoms with Crippen LogP contribution in [-0.4, -0.2) is 37.0 Å². The highest BCUT2D eigenvalue weighted by atomic mass is 16.5. The van der Waals surface area contributed by atoms with Gasteiger partial charge in [-0.05, 0) is 19.3 Å². The Bertz CT molecular complexity index is 204. The van der Waals surface area contributed by atoms with Crippen LogP contribution in [0.2, 0.25) is 0 Å². The molecule has 3 heteroatoms. The van der Waals surface area contributed by atoms with Crippen LogP contribution in [0.3, 0.4) is 0 Å². The fourth-order valence-electron chi connectivity index (χ4n) is 2.62. The minimum atomic E-state index is 0.539. The molecule has 15 heavy (non-hydrogen) atoms. The van der Waals surface area contributed by atoms with Crippen molar-refractivity contribution in [3.05, 3.63) is 0 Å². The lowest BCUT2D eigenvalue weighted by atomic mass is 9.88. The number of ether oxygens (including phenoxy) is 1. The number of nitrogens with one attached hydrogen (secondary N) is 1. The second-order valence-electron chi connectivity index (χ2n) is 4.67. The summed E-state index contributed by atoms with van der Waals surface area (Å²) in [6.07, 6.45) is 7.54. The third-order valence-electron chi connectivity index (χ3n) is 3.55. The first-order valence-electron chi connectivity index (χ1n) is 6.29. The Morgan fingerprint density at radius 1 is 1.00 bits per heavy atom. The van der Waals surface area contributed by atoms with Crippen molar-refractivity contribution in [2.24, 2.45) is 5.92 Å². The van der Waals surface area contributed by atoms with E-state index in [2.05, 4.69) is 4.90 Å². The van der Waals surface area contributed by atoms with Crippen LogP contribution < -0.4 is 0 Å². The summed E-state index contributed by atoms with van der Waals surface area (Å²) in [6.45, 7) is 3.62. The van der Waals surface area contributed by atoms with Crippen molar-refractivity contribution in [1.29, 1.82) is 5.41 Å². The molecule has 0 bridgehead atoms. The minimum Gasteiger partial charge on any atom is -0.380 e. The third kappa shape index (κ3) is 2.94. The van der Waals surface area contributed by atoms with Gasteiger partial charge in [-0.3, -0.25) is 5.41 Å². The SMILES string of the molecule is N=C(C1CCCCC1)N1CCCOCC1. The molecule has 1 heterocycles. The van der Waals surface area contributed by atoms with Crippen LogP contribution in [0.1, 0.15) is 38.5 Å². The van der Waals surface area contributed by atoms with Crippen LogP contribution in [0.4, 0.5) is 0 Å². The number of hydrogen-bond acceptors (Lipinski definition) is 2. The second kappa shape index (κ2) is 5.50. The van der Waals surface area contributed by atoms with Crippen molar-refractivity contribution in [1.82, 2.24) is 4.90 Å². The molecule has 3 nitrogen and oxygen atoms in total. The molecule has 2 aliphatic rings. The summed E-state index contributed by atoms with van der Waals surface area (Å²) < 4.78 is 5.42. The number of amidine groups is 1. The van der Waals surface area contributed by atoms with Gasteiger partial charge in [-0.1, -0.05) is 19.3 Å². The Morgan fingerprint density at radius 2 is 1.80 bits per heavy atom. The molecule has 2 fully saturated rings. The predicted octanol–water partition coefficient (Wildman–Crippen LogP) is 2.27. The monoisotopic (exact) mass is 210 g/mol. The van der Waals surface area contributed by atoms with Crippen molar-refractivity contribution >= 4 is 5.84 Å². The molecule has 0 aromatic heterocycles. The largest absolute Gasteiger partial charge is 0.380 e. The van der Waals surface area contributed by atoms with Gasteiger partial charge in [0.1, 0.15) is 0 Å². The number of hydrogen-bond donors (Lipinski definition) is 1. The van der Waals surface area contributed by atoms with Gasteiger partial charge in [0.15, 0.2) is 0 Å². The summed E-state index contributed by atoms with van der Waals surface area (Å²) in [7, 11) is 0. The molecule has 1 aliphatic heterocycles. The lowest BCUT2D eigenvalue weighted by molar-refractivity contribution is 0.147. The highest BCUT2D eigenvalue weighted by Crippen LogP contribution is 2.25. The number of rotatable bonds is 1. The van der Waals surface area contributed by atoms with E-state index >= 15 is 0 Å². The molecule has 86 valence electrons. The van der Waals surface area contributed by atoms with E-state index in [0.717, 1.165) is 38.6 Å². The molecule has 1 aliphatic carbocycles. The first kappa shape index (κ1) is 10.9. The van der Waals surface area contributed by atoms with Crippen LogP contribution in [0.25, 0.3) is 0 Å². The summed E-state index contributed by atoms with van der Waals surface area (Å²) in [6, 6.07) is 0. The molecule has 0 atom stereocenters. The molecular weight excluding hydrogens is 188 g/mol. The van der Waals surface area contributed by atoms with Gasteiger partial charge in [-0.2, -0.15) is 0 Å². The lowest BCUT2D eigenvalue weighted by Crippen LogP contribution is -2.38. The standard InChI is InChI=1S/C12H22N2O/c13-12(11-5-2-1-3-6-11)14-7-4-9-15-10-8-14/h11,13H,1-10H2. The zero-order valence-corrected chi connectivity index (χ0v) is 9.50. The summed E-state index contributed by atoms with van der Waals surface area (Å²) in [5.41, 5.74) is 0. The van der Waals surface area contributed by atoms with Crippen LogP contribution in [0, 0.1) is 11.3 Å². The first-order valence-corrected chi connectivity index (χ1v) is 6.29. The molecule has 2 rings (SSSR count). The first-order chi connectivity index (χ1) is 7.38. The van der Waals surface area contributed by atoms with Gasteiger partial charge in [-0.25, -0.2) is 0 Å². The molecular formula is C12H22N2O. The van der Waals surface area contributed by atoms with Gasteiger partial charge in [0.25, 0.3) is 0 Å². The number of nitrogens with zero attached hydrogens (tertiary/aromatic N) is 1. The maximum Gasteiger partial charge on any atom is 0.0990 e. The van der Waals surface area contributed by atoms with E-state index in [-0.39, 0.29) is 0 Å². The van der Waals surface area contributed by atoms with Gasteiger partial charge < -0.3 is 9.64 Å². The van der Waals surface area contributed by atoms with Crippen LogP contribution >= 0.6 is 0 Å². The van der Waals surface area contributed by atoms with Crippen molar-refractivity contribution in [3.8, 4) is 0 Å². The van der Waals surface area contributed by atoms with Crippen LogP contribution in [-0.2, 0) is 4.74 Å². The molecule has 1 saturated carbocycles. The Labute approximate surface area is 92.3 Å². The van der Waals surface area contributed by atoms with Crippen molar-refractivity contribution in [2.45, 2.75) is 38.5 Å². The zero-order chi connectivity index (χ0) is 10.5. The molecule has 1 N–H and O–H groups in total. The van der Waals surface area contributed by atoms with Crippen molar-refractivity contribution in [2.75, 3.05) is 26.3 Å². The van der Waals surface area contributed by atoms with Crippen LogP contribution in [0.15, 0.2) is 0 Å². The Balaban J connectivity index is 1.87. The smallest absolute Gasteiger partial charge is 0.0990 e. The van der Waals surface area contributed by atoms with E-state index in [1.54, 1.807) is 0 Å². The highest BCUT2D eigenvalue weighted by Gasteiger charge is 2.23. The topological polar surface area (TPSA) is 36.3 Å². The third-order valence-corrected chi connectivity index (χ3v) is 3.55. The fraction of sp³-hybridized carbons (Fsp3) is 0.917. The lowest BCUT2D eigenvalue weighted by Gasteiger charge is -2.30. The Hall–Kier alpha value is -0.570. The molecule has 0 amide bonds. The van der Waals surface area contributed by atoms with Gasteiger partial charge >= 0.3 is 0 Å². The Kier molecular flexibility index (Phi) is 4.01. The molecule has 0 unspecified atom stereocenters. The van der Waals surface area contributed by atoms with E-state index in [9.17, 15) is 0 Å². The van der Waals surface area contributed by atoms with E-state index in [1.165, 1.54) is 32.1 Å². The molecule has 1 saturated heterocycles. The average molecular weight is 210 g/mol. The average Bonchev–Trinajstić information content (AvgIpc) is 2.58. The van der Waals surface area contributed by atoms with Gasteiger partial charge in [-0.15, -0.1) is 0 Å². The van der Waals surface area contributed by atoms with E-state index in [4.69, 9.17) is 10.1 Å². The van der Waals surface area contributed by atoms with Gasteiger partial charge in [0, 0.05) is 25.6 Å². The normalized spacial score (nSPS) is 24.9. The summed E-state index contributed by atoms with van der Waals surface area (Å²) >= 11 is 0. The van der Waals surface area contributed by atoms with E-state index in [0.29, 0.717) is 5.92 Å². The maximum atomic E-state index is 8.25. The quantitative estimate of drug-likeness (QED) is 0.532. The maximum absolute atomic E-state index is 8.25. The van der Waals surface area contributed by atoms with Gasteiger partial charge in [0.2, 0.25) is 0 Å².